The molecule has 0 saturated heterocycles. The van der Waals surface area contributed by atoms with Crippen LogP contribution >= 0.6 is 15.9 Å². The molecule has 0 fully saturated rings. The number of hydrogen-bond acceptors (Lipinski definition) is 4. The first-order chi connectivity index (χ1) is 10.0. The lowest BCUT2D eigenvalue weighted by molar-refractivity contribution is -0.385. The molecule has 0 aromatic heterocycles. The van der Waals surface area contributed by atoms with E-state index in [4.69, 9.17) is 9.47 Å². The minimum atomic E-state index is -0.437. The lowest BCUT2D eigenvalue weighted by Crippen LogP contribution is -2.01. The van der Waals surface area contributed by atoms with Crippen molar-refractivity contribution in [2.45, 2.75) is 13.5 Å². The summed E-state index contributed by atoms with van der Waals surface area (Å²) < 4.78 is 11.9. The van der Waals surface area contributed by atoms with E-state index in [1.807, 2.05) is 25.1 Å². The monoisotopic (exact) mass is 351 g/mol. The number of ether oxygens (including phenoxy) is 2. The van der Waals surface area contributed by atoms with E-state index < -0.39 is 4.92 Å². The van der Waals surface area contributed by atoms with Gasteiger partial charge in [0.05, 0.1) is 12.0 Å². The van der Waals surface area contributed by atoms with E-state index in [-0.39, 0.29) is 12.3 Å². The summed E-state index contributed by atoms with van der Waals surface area (Å²) in [4.78, 5) is 10.4. The number of halogens is 1. The van der Waals surface area contributed by atoms with Crippen LogP contribution in [-0.2, 0) is 6.61 Å². The molecule has 0 spiro atoms. The van der Waals surface area contributed by atoms with E-state index in [2.05, 4.69) is 15.9 Å². The predicted octanol–water partition coefficient (Wildman–Crippen LogP) is 4.25. The second kappa shape index (κ2) is 6.58. The molecule has 6 heteroatoms. The highest BCUT2D eigenvalue weighted by atomic mass is 79.9. The van der Waals surface area contributed by atoms with Crippen molar-refractivity contribution in [3.05, 3.63) is 62.1 Å². The number of methoxy groups -OCH3 is 1. The Kier molecular flexibility index (Phi) is 4.80. The van der Waals surface area contributed by atoms with Gasteiger partial charge in [-0.05, 0) is 36.8 Å². The van der Waals surface area contributed by atoms with Crippen molar-refractivity contribution in [1.82, 2.24) is 0 Å². The summed E-state index contributed by atoms with van der Waals surface area (Å²) in [5.41, 5.74) is 1.63. The summed E-state index contributed by atoms with van der Waals surface area (Å²) in [5, 5.41) is 10.8. The average molecular weight is 352 g/mol. The van der Waals surface area contributed by atoms with Crippen molar-refractivity contribution >= 4 is 21.6 Å². The van der Waals surface area contributed by atoms with Crippen LogP contribution in [0, 0.1) is 17.0 Å². The Morgan fingerprint density at radius 1 is 1.19 bits per heavy atom. The van der Waals surface area contributed by atoms with E-state index in [0.717, 1.165) is 15.8 Å². The lowest BCUT2D eigenvalue weighted by Gasteiger charge is -2.12. The van der Waals surface area contributed by atoms with Gasteiger partial charge in [0.2, 0.25) is 0 Å². The van der Waals surface area contributed by atoms with E-state index in [0.29, 0.717) is 11.3 Å². The van der Waals surface area contributed by atoms with Crippen molar-refractivity contribution < 1.29 is 14.4 Å². The molecular formula is C15H14BrNO4. The Morgan fingerprint density at radius 3 is 2.52 bits per heavy atom. The van der Waals surface area contributed by atoms with Crippen LogP contribution in [0.5, 0.6) is 11.5 Å². The summed E-state index contributed by atoms with van der Waals surface area (Å²) in [7, 11) is 1.52. The van der Waals surface area contributed by atoms with Gasteiger partial charge >= 0.3 is 0 Å². The first kappa shape index (κ1) is 15.3. The molecule has 5 nitrogen and oxygen atoms in total. The second-order valence-electron chi connectivity index (χ2n) is 4.45. The first-order valence-electron chi connectivity index (χ1n) is 6.21. The second-order valence-corrected chi connectivity index (χ2v) is 5.37. The van der Waals surface area contributed by atoms with Crippen LogP contribution in [0.3, 0.4) is 0 Å². The van der Waals surface area contributed by atoms with Gasteiger partial charge in [0.15, 0.2) is 0 Å². The minimum absolute atomic E-state index is 0.0157. The summed E-state index contributed by atoms with van der Waals surface area (Å²) in [6.45, 7) is 2.14. The highest BCUT2D eigenvalue weighted by molar-refractivity contribution is 9.10. The van der Waals surface area contributed by atoms with E-state index >= 15 is 0 Å². The number of rotatable bonds is 5. The summed E-state index contributed by atoms with van der Waals surface area (Å²) in [6.07, 6.45) is 0. The van der Waals surface area contributed by atoms with Gasteiger partial charge in [-0.25, -0.2) is 0 Å². The zero-order valence-electron chi connectivity index (χ0n) is 11.6. The molecule has 0 radical (unpaired) electrons. The summed E-state index contributed by atoms with van der Waals surface area (Å²) in [5.74, 6) is 1.29. The third kappa shape index (κ3) is 3.72. The molecule has 2 rings (SSSR count). The number of nitro benzene ring substituents is 1. The molecule has 0 amide bonds. The highest BCUT2D eigenvalue weighted by Crippen LogP contribution is 2.27. The van der Waals surface area contributed by atoms with Crippen LogP contribution in [0.2, 0.25) is 0 Å². The predicted molar refractivity (Wildman–Crippen MR) is 82.9 cm³/mol. The number of benzene rings is 2. The highest BCUT2D eigenvalue weighted by Gasteiger charge is 2.12. The minimum Gasteiger partial charge on any atom is -0.496 e. The molecule has 0 N–H and O–H groups in total. The molecule has 2 aromatic rings. The average Bonchev–Trinajstić information content (AvgIpc) is 2.46. The molecule has 0 aliphatic rings. The van der Waals surface area contributed by atoms with Gasteiger partial charge < -0.3 is 9.47 Å². The zero-order chi connectivity index (χ0) is 15.4. The molecular weight excluding hydrogens is 338 g/mol. The standard InChI is InChI=1S/C15H14BrNO4/c1-10-7-12(16)3-5-14(10)21-9-11-8-13(17(18)19)4-6-15(11)20-2/h3-8H,9H2,1-2H3. The fraction of sp³-hybridized carbons (Fsp3) is 0.200. The normalized spacial score (nSPS) is 10.2. The Bertz CT molecular complexity index is 673. The van der Waals surface area contributed by atoms with Crippen molar-refractivity contribution in [2.24, 2.45) is 0 Å². The summed E-state index contributed by atoms with van der Waals surface area (Å²) in [6, 6.07) is 10.1. The maximum atomic E-state index is 10.8. The van der Waals surface area contributed by atoms with E-state index in [1.165, 1.54) is 19.2 Å². The third-order valence-corrected chi connectivity index (χ3v) is 3.49. The number of aryl methyl sites for hydroxylation is 1. The van der Waals surface area contributed by atoms with Crippen LogP contribution in [0.1, 0.15) is 11.1 Å². The molecule has 0 atom stereocenters. The Morgan fingerprint density at radius 2 is 1.90 bits per heavy atom. The molecule has 2 aromatic carbocycles. The van der Waals surface area contributed by atoms with Gasteiger partial charge in [-0.1, -0.05) is 15.9 Å². The number of nitro groups is 1. The van der Waals surface area contributed by atoms with Gasteiger partial charge in [0, 0.05) is 22.2 Å². The molecule has 0 aliphatic heterocycles. The summed E-state index contributed by atoms with van der Waals surface area (Å²) >= 11 is 3.39. The van der Waals surface area contributed by atoms with Gasteiger partial charge in [-0.2, -0.15) is 0 Å². The number of non-ortho nitro benzene ring substituents is 1. The van der Waals surface area contributed by atoms with E-state index in [1.54, 1.807) is 6.07 Å². The number of nitrogens with zero attached hydrogens (tertiary/aromatic N) is 1. The van der Waals surface area contributed by atoms with Gasteiger partial charge in [-0.15, -0.1) is 0 Å². The van der Waals surface area contributed by atoms with Gasteiger partial charge in [-0.3, -0.25) is 10.1 Å². The molecule has 0 saturated carbocycles. The molecule has 110 valence electrons. The maximum absolute atomic E-state index is 10.8. The van der Waals surface area contributed by atoms with E-state index in [9.17, 15) is 10.1 Å². The molecule has 21 heavy (non-hydrogen) atoms. The van der Waals surface area contributed by atoms with Gasteiger partial charge in [0.1, 0.15) is 18.1 Å². The molecule has 0 heterocycles. The zero-order valence-corrected chi connectivity index (χ0v) is 13.2. The smallest absolute Gasteiger partial charge is 0.270 e. The SMILES string of the molecule is COc1ccc([N+](=O)[O-])cc1COc1ccc(Br)cc1C. The van der Waals surface area contributed by atoms with Crippen LogP contribution < -0.4 is 9.47 Å². The van der Waals surface area contributed by atoms with Crippen molar-refractivity contribution in [3.8, 4) is 11.5 Å². The number of hydrogen-bond donors (Lipinski definition) is 0. The Hall–Kier alpha value is -2.08. The van der Waals surface area contributed by atoms with Gasteiger partial charge in [0.25, 0.3) is 5.69 Å². The molecule has 0 bridgehead atoms. The topological polar surface area (TPSA) is 61.6 Å². The molecule has 0 unspecified atom stereocenters. The molecule has 0 aliphatic carbocycles. The first-order valence-corrected chi connectivity index (χ1v) is 7.01. The Labute approximate surface area is 130 Å². The third-order valence-electron chi connectivity index (χ3n) is 2.99. The maximum Gasteiger partial charge on any atom is 0.270 e. The largest absolute Gasteiger partial charge is 0.496 e. The van der Waals surface area contributed by atoms with Crippen LogP contribution in [-0.4, -0.2) is 12.0 Å². The quantitative estimate of drug-likeness (QED) is 0.596. The Balaban J connectivity index is 2.22. The fourth-order valence-electron chi connectivity index (χ4n) is 1.92. The van der Waals surface area contributed by atoms with Crippen molar-refractivity contribution in [2.75, 3.05) is 7.11 Å². The van der Waals surface area contributed by atoms with Crippen molar-refractivity contribution in [1.29, 1.82) is 0 Å². The van der Waals surface area contributed by atoms with Crippen LogP contribution in [0.15, 0.2) is 40.9 Å². The van der Waals surface area contributed by atoms with Crippen LogP contribution in [0.25, 0.3) is 0 Å². The lowest BCUT2D eigenvalue weighted by atomic mass is 10.2. The fourth-order valence-corrected chi connectivity index (χ4v) is 2.40. The van der Waals surface area contributed by atoms with Crippen LogP contribution in [0.4, 0.5) is 5.69 Å². The van der Waals surface area contributed by atoms with Crippen molar-refractivity contribution in [3.63, 3.8) is 0 Å².